The molecule has 0 amide bonds. The first-order chi connectivity index (χ1) is 6.15. The molecule has 0 N–H and O–H groups in total. The maximum absolute atomic E-state index is 11.4. The van der Waals surface area contributed by atoms with Crippen LogP contribution in [0.4, 0.5) is 0 Å². The lowest BCUT2D eigenvalue weighted by Gasteiger charge is -2.52. The Bertz CT molecular complexity index is 245. The number of rotatable bonds is 1. The molecule has 2 atom stereocenters. The van der Waals surface area contributed by atoms with E-state index in [0.29, 0.717) is 12.4 Å². The van der Waals surface area contributed by atoms with Crippen LogP contribution in [-0.2, 0) is 24.0 Å². The number of thioether (sulfide) groups is 1. The van der Waals surface area contributed by atoms with E-state index < -0.39 is 16.7 Å². The van der Waals surface area contributed by atoms with Gasteiger partial charge in [0.15, 0.2) is 0 Å². The van der Waals surface area contributed by atoms with E-state index in [0.717, 1.165) is 0 Å². The fourth-order valence-electron chi connectivity index (χ4n) is 1.34. The number of hydrogen-bond donors (Lipinski definition) is 0. The number of fused-ring (bicyclic) bond motifs is 1. The summed E-state index contributed by atoms with van der Waals surface area (Å²) in [5.41, 5.74) is 0. The topological polar surface area (TPSA) is 54.0 Å². The molecule has 0 aromatic rings. The predicted octanol–water partition coefficient (Wildman–Crippen LogP) is 0.297. The van der Waals surface area contributed by atoms with Gasteiger partial charge < -0.3 is 9.47 Å². The summed E-state index contributed by atoms with van der Waals surface area (Å²) in [7, 11) is 1.31. The van der Waals surface area contributed by atoms with Gasteiger partial charge in [0.2, 0.25) is 0 Å². The molecule has 2 heterocycles. The Balaban J connectivity index is 2.24. The second-order valence-corrected chi connectivity index (χ2v) is 4.19. The van der Waals surface area contributed by atoms with Crippen LogP contribution < -0.4 is 0 Å². The third-order valence-electron chi connectivity index (χ3n) is 2.14. The van der Waals surface area contributed by atoms with Crippen LogP contribution in [0, 0.1) is 0 Å². The number of carbonyl (C=O) groups is 1. The molecule has 0 saturated carbocycles. The van der Waals surface area contributed by atoms with Gasteiger partial charge in [0.05, 0.1) is 13.7 Å². The molecule has 0 spiro atoms. The van der Waals surface area contributed by atoms with E-state index in [1.54, 1.807) is 6.92 Å². The lowest BCUT2D eigenvalue weighted by Crippen LogP contribution is -2.71. The van der Waals surface area contributed by atoms with Crippen molar-refractivity contribution in [1.29, 1.82) is 0 Å². The van der Waals surface area contributed by atoms with E-state index in [1.807, 2.05) is 0 Å². The number of carbonyl (C=O) groups excluding carboxylic acids is 1. The van der Waals surface area contributed by atoms with Crippen molar-refractivity contribution in [3.63, 3.8) is 0 Å². The van der Waals surface area contributed by atoms with Crippen LogP contribution in [0.3, 0.4) is 0 Å². The summed E-state index contributed by atoms with van der Waals surface area (Å²) in [6.45, 7) is 2.21. The van der Waals surface area contributed by atoms with Gasteiger partial charge in [0.1, 0.15) is 0 Å². The summed E-state index contributed by atoms with van der Waals surface area (Å²) in [6.07, 6.45) is 0. The molecule has 2 saturated heterocycles. The van der Waals surface area contributed by atoms with Crippen molar-refractivity contribution in [3.8, 4) is 0 Å². The van der Waals surface area contributed by atoms with Gasteiger partial charge in [0, 0.05) is 5.75 Å². The molecular formula is C7H10O5S. The first-order valence-corrected chi connectivity index (χ1v) is 4.86. The number of ether oxygens (including phenoxy) is 2. The van der Waals surface area contributed by atoms with Gasteiger partial charge in [-0.25, -0.2) is 4.79 Å². The second kappa shape index (κ2) is 2.84. The summed E-state index contributed by atoms with van der Waals surface area (Å²) >= 11 is 1.35. The maximum atomic E-state index is 11.4. The molecule has 0 aromatic heterocycles. The third kappa shape index (κ3) is 1.03. The zero-order chi connectivity index (χ0) is 9.53. The normalized spacial score (nSPS) is 43.2. The van der Waals surface area contributed by atoms with E-state index in [1.165, 1.54) is 18.9 Å². The van der Waals surface area contributed by atoms with Crippen LogP contribution >= 0.6 is 11.8 Å². The van der Waals surface area contributed by atoms with Crippen molar-refractivity contribution in [1.82, 2.24) is 0 Å². The maximum Gasteiger partial charge on any atom is 0.358 e. The van der Waals surface area contributed by atoms with Crippen molar-refractivity contribution >= 4 is 17.7 Å². The van der Waals surface area contributed by atoms with Crippen molar-refractivity contribution in [3.05, 3.63) is 0 Å². The van der Waals surface area contributed by atoms with Crippen LogP contribution in [0.1, 0.15) is 6.92 Å². The number of hydrogen-bond acceptors (Lipinski definition) is 6. The van der Waals surface area contributed by atoms with Gasteiger partial charge in [-0.2, -0.15) is 9.78 Å². The minimum absolute atomic E-state index is 0.467. The van der Waals surface area contributed by atoms with E-state index in [2.05, 4.69) is 4.74 Å². The second-order valence-electron chi connectivity index (χ2n) is 2.92. The Kier molecular flexibility index (Phi) is 2.03. The highest BCUT2D eigenvalue weighted by atomic mass is 32.2. The molecule has 74 valence electrons. The van der Waals surface area contributed by atoms with Crippen LogP contribution in [0.5, 0.6) is 0 Å². The van der Waals surface area contributed by atoms with Crippen molar-refractivity contribution in [2.24, 2.45) is 0 Å². The zero-order valence-electron chi connectivity index (χ0n) is 7.36. The van der Waals surface area contributed by atoms with Gasteiger partial charge in [-0.3, -0.25) is 0 Å². The van der Waals surface area contributed by atoms with Crippen molar-refractivity contribution < 1.29 is 24.0 Å². The monoisotopic (exact) mass is 206 g/mol. The first-order valence-electron chi connectivity index (χ1n) is 3.88. The Hall–Kier alpha value is -0.300. The Morgan fingerprint density at radius 3 is 2.77 bits per heavy atom. The van der Waals surface area contributed by atoms with E-state index in [4.69, 9.17) is 14.5 Å². The summed E-state index contributed by atoms with van der Waals surface area (Å²) in [5.74, 6) is -0.775. The highest BCUT2D eigenvalue weighted by Gasteiger charge is 2.71. The van der Waals surface area contributed by atoms with Crippen LogP contribution in [0.15, 0.2) is 0 Å². The molecule has 6 heteroatoms. The number of methoxy groups -OCH3 is 1. The molecule has 2 aliphatic heterocycles. The van der Waals surface area contributed by atoms with Crippen molar-refractivity contribution in [2.45, 2.75) is 17.6 Å². The molecule has 0 aromatic carbocycles. The number of esters is 1. The smallest absolute Gasteiger partial charge is 0.358 e. The first kappa shape index (κ1) is 9.26. The molecule has 5 nitrogen and oxygen atoms in total. The fourth-order valence-corrected chi connectivity index (χ4v) is 2.44. The van der Waals surface area contributed by atoms with Crippen LogP contribution in [-0.4, -0.2) is 36.2 Å². The lowest BCUT2D eigenvalue weighted by molar-refractivity contribution is -0.570. The van der Waals surface area contributed by atoms with Crippen molar-refractivity contribution in [2.75, 3.05) is 19.5 Å². The minimum Gasteiger partial charge on any atom is -0.466 e. The molecule has 0 radical (unpaired) electrons. The van der Waals surface area contributed by atoms with E-state index in [9.17, 15) is 4.79 Å². The average Bonchev–Trinajstić information content (AvgIpc) is 2.13. The quantitative estimate of drug-likeness (QED) is 0.454. The Morgan fingerprint density at radius 1 is 1.54 bits per heavy atom. The SMILES string of the molecule is COC(=O)[C@]12OO[C@@]1(C)OCCS2. The highest BCUT2D eigenvalue weighted by Crippen LogP contribution is 2.52. The lowest BCUT2D eigenvalue weighted by atomic mass is 10.1. The van der Waals surface area contributed by atoms with Gasteiger partial charge in [-0.15, -0.1) is 11.8 Å². The largest absolute Gasteiger partial charge is 0.466 e. The summed E-state index contributed by atoms with van der Waals surface area (Å²) in [6, 6.07) is 0. The molecule has 0 bridgehead atoms. The fraction of sp³-hybridized carbons (Fsp3) is 0.857. The zero-order valence-corrected chi connectivity index (χ0v) is 8.18. The van der Waals surface area contributed by atoms with Crippen LogP contribution in [0.25, 0.3) is 0 Å². The van der Waals surface area contributed by atoms with Gasteiger partial charge in [-0.1, -0.05) is 0 Å². The Labute approximate surface area is 79.6 Å². The minimum atomic E-state index is -1.12. The van der Waals surface area contributed by atoms with E-state index in [-0.39, 0.29) is 0 Å². The molecule has 2 rings (SSSR count). The molecule has 0 unspecified atom stereocenters. The summed E-state index contributed by atoms with van der Waals surface area (Å²) in [5, 5.41) is 0. The van der Waals surface area contributed by atoms with E-state index >= 15 is 0 Å². The third-order valence-corrected chi connectivity index (χ3v) is 3.52. The average molecular weight is 206 g/mol. The van der Waals surface area contributed by atoms with Gasteiger partial charge in [0.25, 0.3) is 5.79 Å². The molecular weight excluding hydrogens is 196 g/mol. The summed E-state index contributed by atoms with van der Waals surface area (Å²) in [4.78, 5) is 19.9. The van der Waals surface area contributed by atoms with Gasteiger partial charge >= 0.3 is 10.9 Å². The highest BCUT2D eigenvalue weighted by molar-refractivity contribution is 8.01. The molecule has 13 heavy (non-hydrogen) atoms. The molecule has 0 aliphatic carbocycles. The molecule has 2 fully saturated rings. The molecule has 2 aliphatic rings. The van der Waals surface area contributed by atoms with Gasteiger partial charge in [-0.05, 0) is 6.92 Å². The van der Waals surface area contributed by atoms with Crippen LogP contribution in [0.2, 0.25) is 0 Å². The standard InChI is InChI=1S/C7H10O5S/c1-6-7(12-11-6,5(8)9-2)13-4-3-10-6/h3-4H2,1-2H3/t6-,7-/m1/s1. The Morgan fingerprint density at radius 2 is 2.31 bits per heavy atom. The predicted molar refractivity (Wildman–Crippen MR) is 43.7 cm³/mol. The summed E-state index contributed by atoms with van der Waals surface area (Å²) < 4.78 is 9.96.